The summed E-state index contributed by atoms with van der Waals surface area (Å²) in [5, 5.41) is 7.93. The number of hydrogen-bond acceptors (Lipinski definition) is 7. The van der Waals surface area contributed by atoms with E-state index in [9.17, 15) is 8.42 Å². The van der Waals surface area contributed by atoms with Gasteiger partial charge in [0.15, 0.2) is 0 Å². The average molecular weight is 309 g/mol. The number of sulfonamides is 1. The highest BCUT2D eigenvalue weighted by molar-refractivity contribution is 7.89. The van der Waals surface area contributed by atoms with Crippen molar-refractivity contribution in [3.63, 3.8) is 0 Å². The molecule has 8 nitrogen and oxygen atoms in total. The molecular formula is C12H15N5O3S. The van der Waals surface area contributed by atoms with Gasteiger partial charge in [0, 0.05) is 11.8 Å². The predicted octanol–water partition coefficient (Wildman–Crippen LogP) is 0.848. The molecule has 0 radical (unpaired) electrons. The van der Waals surface area contributed by atoms with Crippen LogP contribution in [0.4, 0.5) is 17.5 Å². The van der Waals surface area contributed by atoms with Crippen LogP contribution in [0.2, 0.25) is 0 Å². The van der Waals surface area contributed by atoms with Gasteiger partial charge < -0.3 is 15.8 Å². The highest BCUT2D eigenvalue weighted by Crippen LogP contribution is 2.19. The second kappa shape index (κ2) is 5.94. The molecule has 2 aromatic rings. The Kier molecular flexibility index (Phi) is 4.24. The molecule has 5 N–H and O–H groups in total. The summed E-state index contributed by atoms with van der Waals surface area (Å²) in [5.74, 6) is 0.868. The fraction of sp³-hybridized carbons (Fsp3) is 0.167. The lowest BCUT2D eigenvalue weighted by Crippen LogP contribution is -2.11. The van der Waals surface area contributed by atoms with Crippen molar-refractivity contribution in [3.8, 4) is 5.88 Å². The predicted molar refractivity (Wildman–Crippen MR) is 78.7 cm³/mol. The van der Waals surface area contributed by atoms with Gasteiger partial charge in [-0.15, -0.1) is 0 Å². The van der Waals surface area contributed by atoms with E-state index in [2.05, 4.69) is 15.3 Å². The largest absolute Gasteiger partial charge is 0.478 e. The van der Waals surface area contributed by atoms with E-state index in [1.807, 2.05) is 6.92 Å². The number of anilines is 3. The first-order chi connectivity index (χ1) is 9.88. The average Bonchev–Trinajstić information content (AvgIpc) is 2.38. The number of ether oxygens (including phenoxy) is 1. The van der Waals surface area contributed by atoms with Gasteiger partial charge in [0.05, 0.1) is 11.5 Å². The van der Waals surface area contributed by atoms with E-state index in [1.165, 1.54) is 18.2 Å². The van der Waals surface area contributed by atoms with E-state index in [4.69, 9.17) is 15.6 Å². The first kappa shape index (κ1) is 15.0. The third-order valence-corrected chi connectivity index (χ3v) is 3.38. The first-order valence-electron chi connectivity index (χ1n) is 6.05. The van der Waals surface area contributed by atoms with Crippen LogP contribution in [-0.2, 0) is 10.0 Å². The van der Waals surface area contributed by atoms with Crippen molar-refractivity contribution in [2.75, 3.05) is 17.7 Å². The molecule has 0 atom stereocenters. The zero-order valence-corrected chi connectivity index (χ0v) is 12.1. The lowest BCUT2D eigenvalue weighted by molar-refractivity contribution is 0.327. The van der Waals surface area contributed by atoms with Crippen molar-refractivity contribution < 1.29 is 13.2 Å². The summed E-state index contributed by atoms with van der Waals surface area (Å²) in [6, 6.07) is 7.37. The topological polar surface area (TPSA) is 133 Å². The molecule has 1 heterocycles. The summed E-state index contributed by atoms with van der Waals surface area (Å²) in [5.41, 5.74) is 6.25. The SMILES string of the molecule is CCOc1cc(N)nc(Nc2ccc(S(N)(=O)=O)cc2)n1. The summed E-state index contributed by atoms with van der Waals surface area (Å²) in [6.45, 7) is 2.29. The molecule has 0 fully saturated rings. The van der Waals surface area contributed by atoms with E-state index >= 15 is 0 Å². The summed E-state index contributed by atoms with van der Waals surface area (Å²) >= 11 is 0. The summed E-state index contributed by atoms with van der Waals surface area (Å²) in [4.78, 5) is 8.16. The van der Waals surface area contributed by atoms with Crippen LogP contribution in [0.3, 0.4) is 0 Å². The lowest BCUT2D eigenvalue weighted by Gasteiger charge is -2.08. The number of nitrogens with one attached hydrogen (secondary N) is 1. The van der Waals surface area contributed by atoms with Crippen LogP contribution in [-0.4, -0.2) is 25.0 Å². The van der Waals surface area contributed by atoms with Gasteiger partial charge in [0.1, 0.15) is 5.82 Å². The normalized spacial score (nSPS) is 11.1. The standard InChI is InChI=1S/C12H15N5O3S/c1-2-20-11-7-10(13)16-12(17-11)15-8-3-5-9(6-4-8)21(14,18)19/h3-7H,2H2,1H3,(H2,14,18,19)(H3,13,15,16,17). The number of nitrogens with two attached hydrogens (primary N) is 2. The molecule has 0 aliphatic rings. The van der Waals surface area contributed by atoms with Crippen molar-refractivity contribution in [2.24, 2.45) is 5.14 Å². The number of rotatable bonds is 5. The van der Waals surface area contributed by atoms with E-state index in [0.29, 0.717) is 18.2 Å². The summed E-state index contributed by atoms with van der Waals surface area (Å²) in [6.07, 6.45) is 0. The van der Waals surface area contributed by atoms with Gasteiger partial charge in [-0.25, -0.2) is 13.6 Å². The van der Waals surface area contributed by atoms with Gasteiger partial charge in [0.2, 0.25) is 21.9 Å². The molecule has 0 amide bonds. The second-order valence-corrected chi connectivity index (χ2v) is 5.64. The molecule has 0 unspecified atom stereocenters. The Balaban J connectivity index is 2.22. The Morgan fingerprint density at radius 3 is 2.48 bits per heavy atom. The molecule has 0 saturated carbocycles. The van der Waals surface area contributed by atoms with E-state index in [0.717, 1.165) is 0 Å². The highest BCUT2D eigenvalue weighted by atomic mass is 32.2. The van der Waals surface area contributed by atoms with Gasteiger partial charge in [0.25, 0.3) is 0 Å². The molecule has 21 heavy (non-hydrogen) atoms. The molecule has 9 heteroatoms. The minimum Gasteiger partial charge on any atom is -0.478 e. The highest BCUT2D eigenvalue weighted by Gasteiger charge is 2.08. The molecule has 1 aromatic heterocycles. The van der Waals surface area contributed by atoms with Crippen molar-refractivity contribution in [3.05, 3.63) is 30.3 Å². The molecule has 0 aliphatic heterocycles. The number of benzene rings is 1. The van der Waals surface area contributed by atoms with Gasteiger partial charge in [-0.2, -0.15) is 9.97 Å². The Morgan fingerprint density at radius 1 is 1.24 bits per heavy atom. The number of hydrogen-bond donors (Lipinski definition) is 3. The third-order valence-electron chi connectivity index (χ3n) is 2.45. The van der Waals surface area contributed by atoms with Gasteiger partial charge in [-0.3, -0.25) is 0 Å². The van der Waals surface area contributed by atoms with Crippen LogP contribution in [0.5, 0.6) is 5.88 Å². The zero-order chi connectivity index (χ0) is 15.5. The quantitative estimate of drug-likeness (QED) is 0.745. The lowest BCUT2D eigenvalue weighted by atomic mass is 10.3. The van der Waals surface area contributed by atoms with Gasteiger partial charge in [-0.1, -0.05) is 0 Å². The minimum atomic E-state index is -3.71. The van der Waals surface area contributed by atoms with Crippen molar-refractivity contribution >= 4 is 27.5 Å². The van der Waals surface area contributed by atoms with Crippen molar-refractivity contribution in [2.45, 2.75) is 11.8 Å². The first-order valence-corrected chi connectivity index (χ1v) is 7.60. The molecule has 0 spiro atoms. The van der Waals surface area contributed by atoms with E-state index < -0.39 is 10.0 Å². The molecule has 0 saturated heterocycles. The van der Waals surface area contributed by atoms with E-state index in [-0.39, 0.29) is 16.7 Å². The summed E-state index contributed by atoms with van der Waals surface area (Å²) < 4.78 is 27.6. The third kappa shape index (κ3) is 4.04. The monoisotopic (exact) mass is 309 g/mol. The maximum Gasteiger partial charge on any atom is 0.238 e. The number of primary sulfonamides is 1. The number of aromatic nitrogens is 2. The van der Waals surface area contributed by atoms with Crippen molar-refractivity contribution in [1.82, 2.24) is 9.97 Å². The molecule has 2 rings (SSSR count). The van der Waals surface area contributed by atoms with E-state index in [1.54, 1.807) is 12.1 Å². The minimum absolute atomic E-state index is 0.0246. The van der Waals surface area contributed by atoms with Crippen molar-refractivity contribution in [1.29, 1.82) is 0 Å². The van der Waals surface area contributed by atoms with Crippen LogP contribution >= 0.6 is 0 Å². The molecule has 0 aliphatic carbocycles. The van der Waals surface area contributed by atoms with Crippen LogP contribution in [0, 0.1) is 0 Å². The Hall–Kier alpha value is -2.39. The zero-order valence-electron chi connectivity index (χ0n) is 11.3. The van der Waals surface area contributed by atoms with Crippen LogP contribution in [0.1, 0.15) is 6.92 Å². The smallest absolute Gasteiger partial charge is 0.238 e. The van der Waals surface area contributed by atoms with Crippen LogP contribution in [0.15, 0.2) is 35.2 Å². The second-order valence-electron chi connectivity index (χ2n) is 4.08. The fourth-order valence-electron chi connectivity index (χ4n) is 1.58. The van der Waals surface area contributed by atoms with Crippen LogP contribution in [0.25, 0.3) is 0 Å². The molecule has 112 valence electrons. The van der Waals surface area contributed by atoms with Gasteiger partial charge in [-0.05, 0) is 31.2 Å². The van der Waals surface area contributed by atoms with Crippen LogP contribution < -0.4 is 20.9 Å². The number of nitrogen functional groups attached to an aromatic ring is 1. The Morgan fingerprint density at radius 2 is 1.90 bits per heavy atom. The molecule has 1 aromatic carbocycles. The summed E-state index contributed by atoms with van der Waals surface area (Å²) in [7, 11) is -3.71. The molecular weight excluding hydrogens is 294 g/mol. The Bertz CT molecular complexity index is 731. The maximum absolute atomic E-state index is 11.2. The Labute approximate surface area is 122 Å². The van der Waals surface area contributed by atoms with Gasteiger partial charge >= 0.3 is 0 Å². The number of nitrogens with zero attached hydrogens (tertiary/aromatic N) is 2. The fourth-order valence-corrected chi connectivity index (χ4v) is 2.09. The maximum atomic E-state index is 11.2. The molecule has 0 bridgehead atoms.